The van der Waals surface area contributed by atoms with Gasteiger partial charge in [-0.15, -0.1) is 5.10 Å². The predicted octanol–water partition coefficient (Wildman–Crippen LogP) is 3.25. The van der Waals surface area contributed by atoms with Crippen molar-refractivity contribution >= 4 is 40.6 Å². The first-order valence-electron chi connectivity index (χ1n) is 8.76. The summed E-state index contributed by atoms with van der Waals surface area (Å²) in [6, 6.07) is 11.8. The fraction of sp³-hybridized carbons (Fsp3) is 0.158. The molecule has 29 heavy (non-hydrogen) atoms. The number of anilines is 1. The lowest BCUT2D eigenvalue weighted by Gasteiger charge is -2.18. The highest BCUT2D eigenvalue weighted by atomic mass is 35.5. The van der Waals surface area contributed by atoms with Crippen molar-refractivity contribution < 1.29 is 4.79 Å². The molecule has 1 aromatic carbocycles. The molecule has 0 unspecified atom stereocenters. The highest BCUT2D eigenvalue weighted by Gasteiger charge is 2.18. The first-order chi connectivity index (χ1) is 13.9. The number of fused-ring (bicyclic) bond motifs is 1. The number of nitrogens with zero attached hydrogens (tertiary/aromatic N) is 5. The summed E-state index contributed by atoms with van der Waals surface area (Å²) in [5.74, 6) is 0.0667. The number of carbonyl (C=O) groups excluding carboxylic acids is 1. The zero-order chi connectivity index (χ0) is 20.5. The number of hydrogen-bond donors (Lipinski definition) is 1. The molecule has 0 bridgehead atoms. The van der Waals surface area contributed by atoms with Crippen molar-refractivity contribution in [3.8, 4) is 0 Å². The summed E-state index contributed by atoms with van der Waals surface area (Å²) >= 11 is 12.4. The van der Waals surface area contributed by atoms with Crippen molar-refractivity contribution in [2.24, 2.45) is 0 Å². The Labute approximate surface area is 175 Å². The minimum absolute atomic E-state index is 0.224. The third-order valence-electron chi connectivity index (χ3n) is 4.49. The van der Waals surface area contributed by atoms with Crippen molar-refractivity contribution in [1.82, 2.24) is 24.0 Å². The molecular weight excluding hydrogens is 415 g/mol. The molecule has 0 spiro atoms. The summed E-state index contributed by atoms with van der Waals surface area (Å²) in [6.07, 6.45) is 3.17. The van der Waals surface area contributed by atoms with Crippen LogP contribution >= 0.6 is 23.2 Å². The lowest BCUT2D eigenvalue weighted by atomic mass is 10.1. The topological polar surface area (TPSA) is 86.2 Å². The van der Waals surface area contributed by atoms with E-state index in [0.717, 1.165) is 10.2 Å². The van der Waals surface area contributed by atoms with Crippen LogP contribution < -0.4 is 11.0 Å². The Bertz CT molecular complexity index is 1260. The van der Waals surface area contributed by atoms with Gasteiger partial charge in [0.2, 0.25) is 5.91 Å². The van der Waals surface area contributed by atoms with Crippen LogP contribution in [0.15, 0.2) is 59.7 Å². The fourth-order valence-corrected chi connectivity index (χ4v) is 3.53. The molecule has 0 saturated heterocycles. The predicted molar refractivity (Wildman–Crippen MR) is 111 cm³/mol. The molecule has 0 radical (unpaired) electrons. The molecule has 3 heterocycles. The summed E-state index contributed by atoms with van der Waals surface area (Å²) in [7, 11) is 0. The van der Waals surface area contributed by atoms with Crippen molar-refractivity contribution in [2.45, 2.75) is 19.5 Å². The third kappa shape index (κ3) is 3.76. The van der Waals surface area contributed by atoms with E-state index < -0.39 is 5.91 Å². The van der Waals surface area contributed by atoms with E-state index in [1.165, 1.54) is 4.40 Å². The Kier molecular flexibility index (Phi) is 5.12. The van der Waals surface area contributed by atoms with Crippen LogP contribution in [0.3, 0.4) is 0 Å². The van der Waals surface area contributed by atoms with Crippen LogP contribution in [-0.2, 0) is 11.3 Å². The van der Waals surface area contributed by atoms with Crippen LogP contribution in [0.25, 0.3) is 5.65 Å². The van der Waals surface area contributed by atoms with Gasteiger partial charge in [0.15, 0.2) is 5.65 Å². The van der Waals surface area contributed by atoms with Gasteiger partial charge in [-0.05, 0) is 42.8 Å². The molecule has 0 aliphatic carbocycles. The summed E-state index contributed by atoms with van der Waals surface area (Å²) in [4.78, 5) is 24.9. The van der Waals surface area contributed by atoms with Gasteiger partial charge in [0, 0.05) is 22.3 Å². The van der Waals surface area contributed by atoms with Gasteiger partial charge in [-0.2, -0.15) is 5.10 Å². The Morgan fingerprint density at radius 1 is 1.21 bits per heavy atom. The maximum absolute atomic E-state index is 12.5. The molecule has 0 aliphatic heterocycles. The van der Waals surface area contributed by atoms with Crippen molar-refractivity contribution in [1.29, 1.82) is 0 Å². The van der Waals surface area contributed by atoms with Gasteiger partial charge < -0.3 is 5.32 Å². The number of amides is 1. The molecule has 148 valence electrons. The van der Waals surface area contributed by atoms with Gasteiger partial charge in [-0.1, -0.05) is 29.3 Å². The van der Waals surface area contributed by atoms with E-state index in [2.05, 4.69) is 15.5 Å². The fourth-order valence-electron chi connectivity index (χ4n) is 3.08. The van der Waals surface area contributed by atoms with Gasteiger partial charge in [0.25, 0.3) is 0 Å². The van der Waals surface area contributed by atoms with Crippen molar-refractivity contribution in [3.05, 3.63) is 81.0 Å². The Morgan fingerprint density at radius 2 is 2.03 bits per heavy atom. The monoisotopic (exact) mass is 430 g/mol. The second-order valence-electron chi connectivity index (χ2n) is 6.42. The lowest BCUT2D eigenvalue weighted by molar-refractivity contribution is -0.117. The Morgan fingerprint density at radius 3 is 2.83 bits per heavy atom. The van der Waals surface area contributed by atoms with E-state index in [4.69, 9.17) is 23.2 Å². The van der Waals surface area contributed by atoms with E-state index in [1.54, 1.807) is 59.5 Å². The number of halogens is 2. The van der Waals surface area contributed by atoms with Gasteiger partial charge >= 0.3 is 5.69 Å². The zero-order valence-corrected chi connectivity index (χ0v) is 16.8. The SMILES string of the molecule is C[C@H](c1cc(Cl)ccc1Cl)n1nccc1NC(=O)Cn1nc2ccccn2c1=O. The smallest absolute Gasteiger partial charge is 0.309 e. The van der Waals surface area contributed by atoms with Crippen LogP contribution in [0.5, 0.6) is 0 Å². The van der Waals surface area contributed by atoms with E-state index in [0.29, 0.717) is 21.5 Å². The number of benzene rings is 1. The van der Waals surface area contributed by atoms with Gasteiger partial charge in [-0.25, -0.2) is 14.2 Å². The molecule has 8 nitrogen and oxygen atoms in total. The second kappa shape index (κ2) is 7.73. The summed E-state index contributed by atoms with van der Waals surface area (Å²) in [5, 5.41) is 12.3. The average molecular weight is 431 g/mol. The zero-order valence-electron chi connectivity index (χ0n) is 15.3. The molecule has 0 aliphatic rings. The second-order valence-corrected chi connectivity index (χ2v) is 7.26. The number of pyridine rings is 1. The molecule has 3 aromatic heterocycles. The standard InChI is InChI=1S/C19H16Cl2N6O2/c1-12(14-10-13(20)5-6-15(14)21)27-16(7-8-22-27)23-18(28)11-26-19(29)25-9-3-2-4-17(25)24-26/h2-10,12H,11H2,1H3,(H,23,28)/t12-/m1/s1. The maximum Gasteiger partial charge on any atom is 0.350 e. The largest absolute Gasteiger partial charge is 0.350 e. The molecule has 4 rings (SSSR count). The van der Waals surface area contributed by atoms with Gasteiger partial charge in [0.05, 0.1) is 12.2 Å². The highest BCUT2D eigenvalue weighted by Crippen LogP contribution is 2.30. The molecular formula is C19H16Cl2N6O2. The Balaban J connectivity index is 1.55. The Hall–Kier alpha value is -3.10. The van der Waals surface area contributed by atoms with Crippen LogP contribution in [0, 0.1) is 0 Å². The molecule has 4 aromatic rings. The number of hydrogen-bond acceptors (Lipinski definition) is 4. The van der Waals surface area contributed by atoms with E-state index in [-0.39, 0.29) is 18.3 Å². The minimum atomic E-state index is -0.401. The minimum Gasteiger partial charge on any atom is -0.309 e. The van der Waals surface area contributed by atoms with E-state index in [1.807, 2.05) is 6.92 Å². The first-order valence-corrected chi connectivity index (χ1v) is 9.52. The number of aromatic nitrogens is 5. The first kappa shape index (κ1) is 19.2. The van der Waals surface area contributed by atoms with Gasteiger partial charge in [0.1, 0.15) is 12.4 Å². The number of rotatable bonds is 5. The number of carbonyl (C=O) groups is 1. The summed E-state index contributed by atoms with van der Waals surface area (Å²) in [5.41, 5.74) is 0.859. The average Bonchev–Trinajstić information content (AvgIpc) is 3.28. The molecule has 1 atom stereocenters. The molecule has 0 fully saturated rings. The van der Waals surface area contributed by atoms with Crippen LogP contribution in [0.1, 0.15) is 18.5 Å². The molecule has 1 N–H and O–H groups in total. The third-order valence-corrected chi connectivity index (χ3v) is 5.07. The lowest BCUT2D eigenvalue weighted by Crippen LogP contribution is -2.29. The molecule has 0 saturated carbocycles. The van der Waals surface area contributed by atoms with Crippen LogP contribution in [0.2, 0.25) is 10.0 Å². The van der Waals surface area contributed by atoms with Crippen molar-refractivity contribution in [3.63, 3.8) is 0 Å². The summed E-state index contributed by atoms with van der Waals surface area (Å²) < 4.78 is 4.12. The summed E-state index contributed by atoms with van der Waals surface area (Å²) in [6.45, 7) is 1.67. The molecule has 10 heteroatoms. The van der Waals surface area contributed by atoms with Crippen LogP contribution in [0.4, 0.5) is 5.82 Å². The van der Waals surface area contributed by atoms with Crippen molar-refractivity contribution in [2.75, 3.05) is 5.32 Å². The van der Waals surface area contributed by atoms with E-state index in [9.17, 15) is 9.59 Å². The quantitative estimate of drug-likeness (QED) is 0.526. The highest BCUT2D eigenvalue weighted by molar-refractivity contribution is 6.33. The normalized spacial score (nSPS) is 12.2. The van der Waals surface area contributed by atoms with Crippen LogP contribution in [-0.4, -0.2) is 29.9 Å². The molecule has 1 amide bonds. The maximum atomic E-state index is 12.5. The number of nitrogens with one attached hydrogen (secondary N) is 1. The van der Waals surface area contributed by atoms with Gasteiger partial charge in [-0.3, -0.25) is 9.20 Å². The van der Waals surface area contributed by atoms with E-state index >= 15 is 0 Å².